The maximum Gasteiger partial charge on any atom is 0.416 e. The van der Waals surface area contributed by atoms with E-state index in [0.717, 1.165) is 12.1 Å². The van der Waals surface area contributed by atoms with E-state index >= 15 is 0 Å². The van der Waals surface area contributed by atoms with Gasteiger partial charge in [-0.15, -0.1) is 0 Å². The van der Waals surface area contributed by atoms with E-state index in [1.165, 1.54) is 18.2 Å². The minimum Gasteiger partial charge on any atom is -0.349 e. The van der Waals surface area contributed by atoms with Crippen molar-refractivity contribution in [3.63, 3.8) is 0 Å². The van der Waals surface area contributed by atoms with E-state index in [4.69, 9.17) is 5.26 Å². The maximum atomic E-state index is 13.0. The van der Waals surface area contributed by atoms with Crippen LogP contribution in [0.3, 0.4) is 0 Å². The predicted molar refractivity (Wildman–Crippen MR) is 118 cm³/mol. The van der Waals surface area contributed by atoms with Crippen LogP contribution in [0.1, 0.15) is 45.7 Å². The number of aryl methyl sites for hydroxylation is 1. The summed E-state index contributed by atoms with van der Waals surface area (Å²) in [6, 6.07) is 8.78. The number of nitrogens with zero attached hydrogens (tertiary/aromatic N) is 2. The second-order valence-corrected chi connectivity index (χ2v) is 8.78. The van der Waals surface area contributed by atoms with Gasteiger partial charge in [0.15, 0.2) is 0 Å². The number of amides is 2. The molecule has 0 aliphatic carbocycles. The lowest BCUT2D eigenvalue weighted by Crippen LogP contribution is -2.37. The molecule has 0 aromatic heterocycles. The first-order valence-electron chi connectivity index (χ1n) is 9.70. The Morgan fingerprint density at radius 1 is 1.19 bits per heavy atom. The molecule has 0 heterocycles. The first-order valence-corrected chi connectivity index (χ1v) is 11.5. The van der Waals surface area contributed by atoms with Crippen LogP contribution in [-0.4, -0.2) is 29.9 Å². The molecule has 2 aromatic carbocycles. The third kappa shape index (κ3) is 6.65. The molecule has 2 atom stereocenters. The van der Waals surface area contributed by atoms with Crippen LogP contribution in [0.25, 0.3) is 0 Å². The summed E-state index contributed by atoms with van der Waals surface area (Å²) in [5.74, 6) is -0.704. The Hall–Kier alpha value is -3.19. The molecule has 10 heteroatoms. The van der Waals surface area contributed by atoms with Crippen molar-refractivity contribution in [3.8, 4) is 6.19 Å². The van der Waals surface area contributed by atoms with Gasteiger partial charge >= 0.3 is 6.18 Å². The third-order valence-electron chi connectivity index (χ3n) is 4.52. The minimum absolute atomic E-state index is 0.0282. The predicted octanol–water partition coefficient (Wildman–Crippen LogP) is 4.55. The monoisotopic (exact) mass is 464 g/mol. The first kappa shape index (κ1) is 25.1. The van der Waals surface area contributed by atoms with Gasteiger partial charge in [0.1, 0.15) is 0 Å². The highest BCUT2D eigenvalue weighted by Gasteiger charge is 2.30. The summed E-state index contributed by atoms with van der Waals surface area (Å²) in [4.78, 5) is 25.9. The Labute approximate surface area is 186 Å². The summed E-state index contributed by atoms with van der Waals surface area (Å²) in [5.41, 5.74) is -0.0615. The number of anilines is 1. The van der Waals surface area contributed by atoms with Crippen LogP contribution in [0, 0.1) is 11.5 Å². The Kier molecular flexibility index (Phi) is 8.55. The fourth-order valence-electron chi connectivity index (χ4n) is 3.13. The Balaban J connectivity index is 2.31. The number of carbonyl (C=O) groups excluding carboxylic acids is 2. The molecule has 0 spiro atoms. The second-order valence-electron chi connectivity index (χ2n) is 7.06. The van der Waals surface area contributed by atoms with Crippen molar-refractivity contribution < 1.29 is 22.8 Å². The molecule has 32 heavy (non-hydrogen) atoms. The van der Waals surface area contributed by atoms with Crippen molar-refractivity contribution in [2.75, 3.05) is 17.3 Å². The van der Waals surface area contributed by atoms with E-state index in [0.29, 0.717) is 17.7 Å². The van der Waals surface area contributed by atoms with Crippen LogP contribution in [-0.2, 0) is 23.3 Å². The van der Waals surface area contributed by atoms with Gasteiger partial charge in [0.25, 0.3) is 11.8 Å². The second kappa shape index (κ2) is 10.9. The Bertz CT molecular complexity index is 1080. The van der Waals surface area contributed by atoms with Crippen molar-refractivity contribution >= 4 is 28.2 Å². The summed E-state index contributed by atoms with van der Waals surface area (Å²) < 4.78 is 42.6. The highest BCUT2D eigenvalue weighted by Crippen LogP contribution is 2.31. The van der Waals surface area contributed by atoms with Crippen molar-refractivity contribution in [1.29, 1.82) is 5.26 Å². The zero-order valence-corrected chi connectivity index (χ0v) is 18.6. The number of benzene rings is 2. The fourth-order valence-corrected chi connectivity index (χ4v) is 4.15. The maximum absolute atomic E-state index is 13.0. The molecule has 2 N–H and O–H groups in total. The standard InChI is InChI=1S/C22H23F3N4O2S/c1-4-15-7-5-10-18(19(15)21(31)28-14(2)12-32(3)27-13-26)20(30)29-17-9-6-8-16(11-17)22(23,24)25/h5-11,14H,4,12H2,1-3H3,(H,28,31)(H,29,30). The normalized spacial score (nSPS) is 13.2. The summed E-state index contributed by atoms with van der Waals surface area (Å²) in [7, 11) is -0.552. The molecule has 170 valence electrons. The highest BCUT2D eigenvalue weighted by atomic mass is 32.2. The number of alkyl halides is 3. The van der Waals surface area contributed by atoms with Gasteiger partial charge in [-0.25, -0.2) is 0 Å². The SMILES string of the molecule is CCc1cccc(C(=O)Nc2cccc(C(F)(F)F)c2)c1C(=O)NC(C)CS(C)=NC#N. The zero-order valence-electron chi connectivity index (χ0n) is 17.8. The molecule has 0 saturated heterocycles. The number of nitriles is 1. The number of hydrogen-bond acceptors (Lipinski definition) is 4. The quantitative estimate of drug-likeness (QED) is 0.589. The van der Waals surface area contributed by atoms with Crippen LogP contribution in [0.4, 0.5) is 18.9 Å². The molecule has 0 saturated carbocycles. The average molecular weight is 465 g/mol. The van der Waals surface area contributed by atoms with E-state index in [9.17, 15) is 22.8 Å². The minimum atomic E-state index is -4.54. The van der Waals surface area contributed by atoms with Crippen LogP contribution in [0.5, 0.6) is 0 Å². The number of halogens is 3. The molecule has 0 aliphatic heterocycles. The van der Waals surface area contributed by atoms with Gasteiger partial charge in [-0.2, -0.15) is 22.8 Å². The van der Waals surface area contributed by atoms with E-state index in [-0.39, 0.29) is 22.9 Å². The lowest BCUT2D eigenvalue weighted by atomic mass is 9.97. The molecule has 2 aromatic rings. The smallest absolute Gasteiger partial charge is 0.349 e. The van der Waals surface area contributed by atoms with E-state index in [2.05, 4.69) is 15.0 Å². The van der Waals surface area contributed by atoms with Crippen LogP contribution in [0.2, 0.25) is 0 Å². The van der Waals surface area contributed by atoms with Gasteiger partial charge in [0.05, 0.1) is 16.7 Å². The molecule has 2 amide bonds. The zero-order chi connectivity index (χ0) is 23.9. The lowest BCUT2D eigenvalue weighted by molar-refractivity contribution is -0.137. The first-order chi connectivity index (χ1) is 15.1. The number of carbonyl (C=O) groups is 2. The van der Waals surface area contributed by atoms with Gasteiger partial charge in [0.2, 0.25) is 6.19 Å². The van der Waals surface area contributed by atoms with Crippen molar-refractivity contribution in [2.24, 2.45) is 4.36 Å². The fraction of sp³-hybridized carbons (Fsp3) is 0.318. The summed E-state index contributed by atoms with van der Waals surface area (Å²) in [5, 5.41) is 13.9. The van der Waals surface area contributed by atoms with Crippen LogP contribution >= 0.6 is 0 Å². The Morgan fingerprint density at radius 2 is 1.88 bits per heavy atom. The molecule has 0 aliphatic rings. The van der Waals surface area contributed by atoms with E-state index < -0.39 is 34.2 Å². The van der Waals surface area contributed by atoms with Gasteiger partial charge in [-0.3, -0.25) is 9.59 Å². The van der Waals surface area contributed by atoms with Gasteiger partial charge in [-0.1, -0.05) is 35.8 Å². The van der Waals surface area contributed by atoms with Crippen LogP contribution in [0.15, 0.2) is 46.8 Å². The molecule has 2 rings (SSSR count). The molecular weight excluding hydrogens is 441 g/mol. The summed E-state index contributed by atoms with van der Waals surface area (Å²) >= 11 is 0. The highest BCUT2D eigenvalue weighted by molar-refractivity contribution is 7.86. The summed E-state index contributed by atoms with van der Waals surface area (Å²) in [6.07, 6.45) is -0.551. The van der Waals surface area contributed by atoms with E-state index in [1.807, 2.05) is 6.92 Å². The number of nitrogens with one attached hydrogen (secondary N) is 2. The van der Waals surface area contributed by atoms with Gasteiger partial charge in [-0.05, 0) is 49.4 Å². The molecule has 6 nitrogen and oxygen atoms in total. The molecule has 0 radical (unpaired) electrons. The van der Waals surface area contributed by atoms with Crippen molar-refractivity contribution in [3.05, 3.63) is 64.7 Å². The van der Waals surface area contributed by atoms with Gasteiger partial charge in [0, 0.05) is 17.5 Å². The number of rotatable bonds is 7. The van der Waals surface area contributed by atoms with Crippen molar-refractivity contribution in [2.45, 2.75) is 32.5 Å². The lowest BCUT2D eigenvalue weighted by Gasteiger charge is -2.18. The number of hydrogen-bond donors (Lipinski definition) is 2. The third-order valence-corrected chi connectivity index (χ3v) is 5.89. The van der Waals surface area contributed by atoms with Crippen LogP contribution < -0.4 is 10.6 Å². The summed E-state index contributed by atoms with van der Waals surface area (Å²) in [6.45, 7) is 3.60. The Morgan fingerprint density at radius 3 is 2.50 bits per heavy atom. The van der Waals surface area contributed by atoms with E-state index in [1.54, 1.807) is 31.5 Å². The largest absolute Gasteiger partial charge is 0.416 e. The van der Waals surface area contributed by atoms with Crippen molar-refractivity contribution in [1.82, 2.24) is 5.32 Å². The topological polar surface area (TPSA) is 94.3 Å². The molecular formula is C22H23F3N4O2S. The molecule has 2 unspecified atom stereocenters. The van der Waals surface area contributed by atoms with Gasteiger partial charge < -0.3 is 10.6 Å². The molecule has 0 fully saturated rings. The average Bonchev–Trinajstić information content (AvgIpc) is 2.72. The molecule has 0 bridgehead atoms.